The maximum Gasteiger partial charge on any atom is 0.344 e. The van der Waals surface area contributed by atoms with Crippen LogP contribution in [0.15, 0.2) is 12.1 Å². The predicted molar refractivity (Wildman–Crippen MR) is 67.6 cm³/mol. The summed E-state index contributed by atoms with van der Waals surface area (Å²) in [4.78, 5) is 11.3. The second-order valence-electron chi connectivity index (χ2n) is 4.20. The molecule has 1 aromatic carbocycles. The van der Waals surface area contributed by atoms with Crippen molar-refractivity contribution in [2.75, 3.05) is 6.61 Å². The maximum atomic E-state index is 11.3. The van der Waals surface area contributed by atoms with Gasteiger partial charge in [-0.25, -0.2) is 4.79 Å². The fourth-order valence-corrected chi connectivity index (χ4v) is 1.54. The van der Waals surface area contributed by atoms with Crippen LogP contribution in [-0.2, 0) is 9.53 Å². The summed E-state index contributed by atoms with van der Waals surface area (Å²) in [6, 6.07) is 3.61. The highest BCUT2D eigenvalue weighted by molar-refractivity contribution is 6.32. The minimum atomic E-state index is -0.370. The summed E-state index contributed by atoms with van der Waals surface area (Å²) in [5.74, 6) is 0.260. The second kappa shape index (κ2) is 5.92. The van der Waals surface area contributed by atoms with Crippen LogP contribution in [0.25, 0.3) is 0 Å². The summed E-state index contributed by atoms with van der Waals surface area (Å²) in [6.07, 6.45) is -0.125. The highest BCUT2D eigenvalue weighted by atomic mass is 35.5. The molecule has 0 heterocycles. The zero-order chi connectivity index (χ0) is 13.0. The molecule has 0 saturated carbocycles. The van der Waals surface area contributed by atoms with E-state index < -0.39 is 0 Å². The molecule has 0 aliphatic carbocycles. The number of hydrogen-bond acceptors (Lipinski definition) is 3. The van der Waals surface area contributed by atoms with Crippen molar-refractivity contribution in [1.82, 2.24) is 0 Å². The van der Waals surface area contributed by atoms with E-state index in [-0.39, 0.29) is 18.7 Å². The Morgan fingerprint density at radius 3 is 2.29 bits per heavy atom. The molecule has 17 heavy (non-hydrogen) atoms. The Hall–Kier alpha value is -1.22. The average molecular weight is 257 g/mol. The molecule has 0 aliphatic heterocycles. The first-order chi connectivity index (χ1) is 7.90. The molecular weight excluding hydrogens is 240 g/mol. The van der Waals surface area contributed by atoms with E-state index in [4.69, 9.17) is 21.1 Å². The standard InChI is InChI=1S/C13H17ClO3/c1-8(2)17-12(15)7-16-11-5-9(3)13(14)10(4)6-11/h5-6,8H,7H2,1-4H3. The van der Waals surface area contributed by atoms with Gasteiger partial charge in [-0.2, -0.15) is 0 Å². The molecule has 0 atom stereocenters. The Morgan fingerprint density at radius 1 is 1.29 bits per heavy atom. The molecule has 0 amide bonds. The first-order valence-corrected chi connectivity index (χ1v) is 5.87. The van der Waals surface area contributed by atoms with Gasteiger partial charge in [-0.05, 0) is 51.0 Å². The molecule has 0 radical (unpaired) electrons. The van der Waals surface area contributed by atoms with Gasteiger partial charge in [0.05, 0.1) is 6.10 Å². The topological polar surface area (TPSA) is 35.5 Å². The summed E-state index contributed by atoms with van der Waals surface area (Å²) >= 11 is 6.03. The molecule has 0 saturated heterocycles. The van der Waals surface area contributed by atoms with Gasteiger partial charge in [-0.3, -0.25) is 0 Å². The monoisotopic (exact) mass is 256 g/mol. The summed E-state index contributed by atoms with van der Waals surface area (Å²) in [5.41, 5.74) is 1.86. The predicted octanol–water partition coefficient (Wildman–Crippen LogP) is 3.29. The van der Waals surface area contributed by atoms with Crippen LogP contribution in [0.4, 0.5) is 0 Å². The lowest BCUT2D eigenvalue weighted by Crippen LogP contribution is -2.18. The maximum absolute atomic E-state index is 11.3. The number of carbonyl (C=O) groups is 1. The third-order valence-corrected chi connectivity index (χ3v) is 2.73. The first-order valence-electron chi connectivity index (χ1n) is 5.49. The Balaban J connectivity index is 2.61. The minimum absolute atomic E-state index is 0.0846. The van der Waals surface area contributed by atoms with Crippen LogP contribution in [0.1, 0.15) is 25.0 Å². The van der Waals surface area contributed by atoms with Gasteiger partial charge in [0.25, 0.3) is 0 Å². The molecule has 0 fully saturated rings. The van der Waals surface area contributed by atoms with Crippen molar-refractivity contribution in [3.05, 3.63) is 28.3 Å². The van der Waals surface area contributed by atoms with Crippen LogP contribution in [0.3, 0.4) is 0 Å². The number of hydrogen-bond donors (Lipinski definition) is 0. The van der Waals surface area contributed by atoms with Gasteiger partial charge in [-0.1, -0.05) is 11.6 Å². The Morgan fingerprint density at radius 2 is 1.82 bits per heavy atom. The molecule has 94 valence electrons. The number of rotatable bonds is 4. The van der Waals surface area contributed by atoms with Crippen molar-refractivity contribution in [1.29, 1.82) is 0 Å². The number of esters is 1. The quantitative estimate of drug-likeness (QED) is 0.776. The second-order valence-corrected chi connectivity index (χ2v) is 4.58. The van der Waals surface area contributed by atoms with E-state index in [2.05, 4.69) is 0 Å². The van der Waals surface area contributed by atoms with Crippen molar-refractivity contribution in [3.8, 4) is 5.75 Å². The third-order valence-electron chi connectivity index (χ3n) is 2.13. The van der Waals surface area contributed by atoms with Crippen molar-refractivity contribution >= 4 is 17.6 Å². The van der Waals surface area contributed by atoms with Crippen LogP contribution < -0.4 is 4.74 Å². The zero-order valence-corrected chi connectivity index (χ0v) is 11.3. The summed E-state index contributed by atoms with van der Waals surface area (Å²) in [5, 5.41) is 0.724. The van der Waals surface area contributed by atoms with Crippen molar-refractivity contribution in [2.24, 2.45) is 0 Å². The highest BCUT2D eigenvalue weighted by Gasteiger charge is 2.08. The molecule has 0 spiro atoms. The Bertz CT molecular complexity index is 390. The van der Waals surface area contributed by atoms with Crippen LogP contribution in [0.5, 0.6) is 5.75 Å². The zero-order valence-electron chi connectivity index (χ0n) is 10.5. The van der Waals surface area contributed by atoms with Gasteiger partial charge >= 0.3 is 5.97 Å². The molecule has 0 aromatic heterocycles. The summed E-state index contributed by atoms with van der Waals surface area (Å²) < 4.78 is 10.3. The largest absolute Gasteiger partial charge is 0.482 e. The molecule has 4 heteroatoms. The van der Waals surface area contributed by atoms with Gasteiger partial charge in [0.15, 0.2) is 6.61 Å². The molecule has 0 aliphatic rings. The molecule has 0 unspecified atom stereocenters. The Kier molecular flexibility index (Phi) is 4.82. The number of aryl methyl sites for hydroxylation is 2. The lowest BCUT2D eigenvalue weighted by atomic mass is 10.1. The van der Waals surface area contributed by atoms with Crippen LogP contribution in [0.2, 0.25) is 5.02 Å². The first kappa shape index (κ1) is 13.8. The summed E-state index contributed by atoms with van der Waals surface area (Å²) in [6.45, 7) is 7.31. The lowest BCUT2D eigenvalue weighted by Gasteiger charge is -2.11. The molecular formula is C13H17ClO3. The van der Waals surface area contributed by atoms with E-state index in [1.807, 2.05) is 13.8 Å². The normalized spacial score (nSPS) is 10.5. The Labute approximate surface area is 107 Å². The van der Waals surface area contributed by atoms with E-state index in [9.17, 15) is 4.79 Å². The van der Waals surface area contributed by atoms with Gasteiger partial charge in [0.1, 0.15) is 5.75 Å². The van der Waals surface area contributed by atoms with Gasteiger partial charge < -0.3 is 9.47 Å². The van der Waals surface area contributed by atoms with Crippen molar-refractivity contribution < 1.29 is 14.3 Å². The SMILES string of the molecule is Cc1cc(OCC(=O)OC(C)C)cc(C)c1Cl. The lowest BCUT2D eigenvalue weighted by molar-refractivity contribution is -0.149. The highest BCUT2D eigenvalue weighted by Crippen LogP contribution is 2.25. The number of carbonyl (C=O) groups excluding carboxylic acids is 1. The van der Waals surface area contributed by atoms with Gasteiger partial charge in [-0.15, -0.1) is 0 Å². The van der Waals surface area contributed by atoms with E-state index >= 15 is 0 Å². The number of halogens is 1. The molecule has 1 rings (SSSR count). The van der Waals surface area contributed by atoms with E-state index in [0.717, 1.165) is 16.1 Å². The van der Waals surface area contributed by atoms with Gasteiger partial charge in [0.2, 0.25) is 0 Å². The van der Waals surface area contributed by atoms with E-state index in [1.54, 1.807) is 26.0 Å². The molecule has 1 aromatic rings. The van der Waals surface area contributed by atoms with Crippen LogP contribution >= 0.6 is 11.6 Å². The fraction of sp³-hybridized carbons (Fsp3) is 0.462. The van der Waals surface area contributed by atoms with E-state index in [1.165, 1.54) is 0 Å². The van der Waals surface area contributed by atoms with E-state index in [0.29, 0.717) is 5.75 Å². The molecule has 0 bridgehead atoms. The van der Waals surface area contributed by atoms with Crippen molar-refractivity contribution in [2.45, 2.75) is 33.8 Å². The smallest absolute Gasteiger partial charge is 0.344 e. The van der Waals surface area contributed by atoms with Gasteiger partial charge in [0, 0.05) is 5.02 Å². The fourth-order valence-electron chi connectivity index (χ4n) is 1.43. The van der Waals surface area contributed by atoms with Crippen LogP contribution in [0, 0.1) is 13.8 Å². The number of benzene rings is 1. The molecule has 0 N–H and O–H groups in total. The third kappa shape index (κ3) is 4.27. The minimum Gasteiger partial charge on any atom is -0.482 e. The number of ether oxygens (including phenoxy) is 2. The van der Waals surface area contributed by atoms with Crippen molar-refractivity contribution in [3.63, 3.8) is 0 Å². The average Bonchev–Trinajstić information content (AvgIpc) is 2.22. The molecule has 3 nitrogen and oxygen atoms in total. The van der Waals surface area contributed by atoms with Crippen LogP contribution in [-0.4, -0.2) is 18.7 Å². The summed E-state index contributed by atoms with van der Waals surface area (Å²) in [7, 11) is 0.